The van der Waals surface area contributed by atoms with Crippen LogP contribution in [0.1, 0.15) is 6.92 Å². The molecule has 0 saturated heterocycles. The van der Waals surface area contributed by atoms with Gasteiger partial charge in [0.1, 0.15) is 12.0 Å². The van der Waals surface area contributed by atoms with E-state index in [4.69, 9.17) is 5.73 Å². The van der Waals surface area contributed by atoms with E-state index in [1.54, 1.807) is 12.1 Å². The Balaban J connectivity index is 1.76. The monoisotopic (exact) mass is 412 g/mol. The lowest BCUT2D eigenvalue weighted by Gasteiger charge is -2.13. The molecule has 3 rings (SSSR count). The minimum Gasteiger partial charge on any atom is -0.393 e. The molecule has 132 valence electrons. The van der Waals surface area contributed by atoms with E-state index in [2.05, 4.69) is 41.8 Å². The lowest BCUT2D eigenvalue weighted by Crippen LogP contribution is -2.06. The van der Waals surface area contributed by atoms with Gasteiger partial charge >= 0.3 is 0 Å². The summed E-state index contributed by atoms with van der Waals surface area (Å²) in [6.07, 6.45) is 1.44. The van der Waals surface area contributed by atoms with Crippen LogP contribution in [-0.2, 0) is 4.79 Å². The normalized spacial score (nSPS) is 10.2. The number of carbonyl (C=O) groups excluding carboxylic acids is 1. The first-order valence-corrected chi connectivity index (χ1v) is 8.58. The number of hydrogen-bond acceptors (Lipinski definition) is 6. The third-order valence-corrected chi connectivity index (χ3v) is 3.99. The molecule has 26 heavy (non-hydrogen) atoms. The number of rotatable bonds is 5. The predicted octanol–water partition coefficient (Wildman–Crippen LogP) is 4.27. The largest absolute Gasteiger partial charge is 0.393 e. The van der Waals surface area contributed by atoms with E-state index >= 15 is 0 Å². The highest BCUT2D eigenvalue weighted by molar-refractivity contribution is 9.10. The Morgan fingerprint density at radius 1 is 0.885 bits per heavy atom. The van der Waals surface area contributed by atoms with E-state index in [1.165, 1.54) is 13.3 Å². The molecule has 0 aliphatic rings. The van der Waals surface area contributed by atoms with Crippen molar-refractivity contribution in [3.05, 3.63) is 59.3 Å². The summed E-state index contributed by atoms with van der Waals surface area (Å²) in [4.78, 5) is 19.5. The number of nitrogens with one attached hydrogen (secondary N) is 3. The van der Waals surface area contributed by atoms with Gasteiger partial charge in [0.15, 0.2) is 11.6 Å². The molecule has 0 unspecified atom stereocenters. The summed E-state index contributed by atoms with van der Waals surface area (Å²) in [5.74, 6) is 0.890. The molecular formula is C18H17BrN6O. The topological polar surface area (TPSA) is 105 Å². The highest BCUT2D eigenvalue weighted by atomic mass is 79.9. The maximum Gasteiger partial charge on any atom is 0.221 e. The summed E-state index contributed by atoms with van der Waals surface area (Å²) in [6.45, 7) is 1.47. The first-order chi connectivity index (χ1) is 12.5. The van der Waals surface area contributed by atoms with E-state index in [1.807, 2.05) is 36.4 Å². The van der Waals surface area contributed by atoms with E-state index in [0.717, 1.165) is 21.5 Å². The van der Waals surface area contributed by atoms with Gasteiger partial charge in [0.25, 0.3) is 0 Å². The van der Waals surface area contributed by atoms with Crippen molar-refractivity contribution in [2.24, 2.45) is 0 Å². The number of carbonyl (C=O) groups is 1. The molecule has 7 nitrogen and oxygen atoms in total. The SMILES string of the molecule is CC(=O)Nc1ccc(Nc2ncnc(Nc3ccc(Br)cc3)c2N)cc1. The number of amides is 1. The van der Waals surface area contributed by atoms with Crippen molar-refractivity contribution in [3.8, 4) is 0 Å². The molecule has 0 fully saturated rings. The fourth-order valence-corrected chi connectivity index (χ4v) is 2.51. The Morgan fingerprint density at radius 3 is 1.85 bits per heavy atom. The van der Waals surface area contributed by atoms with Crippen LogP contribution in [0.2, 0.25) is 0 Å². The number of nitrogens with zero attached hydrogens (tertiary/aromatic N) is 2. The van der Waals surface area contributed by atoms with Crippen LogP contribution in [0.3, 0.4) is 0 Å². The quantitative estimate of drug-likeness (QED) is 0.498. The Hall–Kier alpha value is -3.13. The molecule has 0 atom stereocenters. The van der Waals surface area contributed by atoms with E-state index in [0.29, 0.717) is 17.3 Å². The molecule has 1 aromatic heterocycles. The molecule has 0 aliphatic heterocycles. The third kappa shape index (κ3) is 4.48. The molecule has 3 aromatic rings. The second-order valence-electron chi connectivity index (χ2n) is 5.50. The van der Waals surface area contributed by atoms with Crippen molar-refractivity contribution in [2.75, 3.05) is 21.7 Å². The fraction of sp³-hybridized carbons (Fsp3) is 0.0556. The molecular weight excluding hydrogens is 396 g/mol. The molecule has 5 N–H and O–H groups in total. The van der Waals surface area contributed by atoms with Gasteiger partial charge in [0.05, 0.1) is 0 Å². The van der Waals surface area contributed by atoms with Gasteiger partial charge in [-0.15, -0.1) is 0 Å². The van der Waals surface area contributed by atoms with E-state index in [9.17, 15) is 4.79 Å². The Kier molecular flexibility index (Phi) is 5.33. The number of nitrogen functional groups attached to an aromatic ring is 1. The zero-order valence-corrected chi connectivity index (χ0v) is 15.5. The summed E-state index contributed by atoms with van der Waals surface area (Å²) in [5, 5.41) is 9.04. The first kappa shape index (κ1) is 17.7. The lowest BCUT2D eigenvalue weighted by molar-refractivity contribution is -0.114. The van der Waals surface area contributed by atoms with Crippen LogP contribution >= 0.6 is 15.9 Å². The zero-order valence-electron chi connectivity index (χ0n) is 14.0. The molecule has 2 aromatic carbocycles. The molecule has 0 bridgehead atoms. The van der Waals surface area contributed by atoms with Crippen LogP contribution in [-0.4, -0.2) is 15.9 Å². The van der Waals surface area contributed by atoms with Crippen LogP contribution in [0.4, 0.5) is 34.4 Å². The van der Waals surface area contributed by atoms with Crippen LogP contribution in [0.15, 0.2) is 59.3 Å². The first-order valence-electron chi connectivity index (χ1n) is 7.79. The molecule has 0 saturated carbocycles. The van der Waals surface area contributed by atoms with Gasteiger partial charge < -0.3 is 21.7 Å². The highest BCUT2D eigenvalue weighted by Gasteiger charge is 2.09. The maximum atomic E-state index is 11.1. The molecule has 0 radical (unpaired) electrons. The average Bonchev–Trinajstić information content (AvgIpc) is 2.61. The van der Waals surface area contributed by atoms with Gasteiger partial charge in [-0.25, -0.2) is 9.97 Å². The van der Waals surface area contributed by atoms with E-state index < -0.39 is 0 Å². The fourth-order valence-electron chi connectivity index (χ4n) is 2.24. The maximum absolute atomic E-state index is 11.1. The van der Waals surface area contributed by atoms with Crippen molar-refractivity contribution in [3.63, 3.8) is 0 Å². The summed E-state index contributed by atoms with van der Waals surface area (Å²) < 4.78 is 0.990. The lowest BCUT2D eigenvalue weighted by atomic mass is 10.2. The highest BCUT2D eigenvalue weighted by Crippen LogP contribution is 2.28. The number of anilines is 6. The van der Waals surface area contributed by atoms with Gasteiger partial charge in [0.2, 0.25) is 5.91 Å². The van der Waals surface area contributed by atoms with E-state index in [-0.39, 0.29) is 5.91 Å². The Bertz CT molecular complexity index is 912. The smallest absolute Gasteiger partial charge is 0.221 e. The van der Waals surface area contributed by atoms with Crippen LogP contribution < -0.4 is 21.7 Å². The summed E-state index contributed by atoms with van der Waals surface area (Å²) in [7, 11) is 0. The van der Waals surface area contributed by atoms with Gasteiger partial charge in [-0.2, -0.15) is 0 Å². The second kappa shape index (κ2) is 7.83. The molecule has 8 heteroatoms. The summed E-state index contributed by atoms with van der Waals surface area (Å²) >= 11 is 3.40. The Labute approximate surface area is 159 Å². The van der Waals surface area contributed by atoms with Crippen molar-refractivity contribution in [1.82, 2.24) is 9.97 Å². The summed E-state index contributed by atoms with van der Waals surface area (Å²) in [6, 6.07) is 14.9. The zero-order chi connectivity index (χ0) is 18.5. The van der Waals surface area contributed by atoms with Crippen molar-refractivity contribution < 1.29 is 4.79 Å². The van der Waals surface area contributed by atoms with Crippen molar-refractivity contribution in [2.45, 2.75) is 6.92 Å². The van der Waals surface area contributed by atoms with Gasteiger partial charge in [-0.3, -0.25) is 4.79 Å². The number of hydrogen-bond donors (Lipinski definition) is 4. The van der Waals surface area contributed by atoms with Gasteiger partial charge in [0, 0.05) is 28.5 Å². The van der Waals surface area contributed by atoms with Gasteiger partial charge in [-0.1, -0.05) is 15.9 Å². The average molecular weight is 413 g/mol. The number of aromatic nitrogens is 2. The van der Waals surface area contributed by atoms with Crippen LogP contribution in [0.5, 0.6) is 0 Å². The van der Waals surface area contributed by atoms with Crippen LogP contribution in [0, 0.1) is 0 Å². The van der Waals surface area contributed by atoms with Crippen molar-refractivity contribution in [1.29, 1.82) is 0 Å². The van der Waals surface area contributed by atoms with Gasteiger partial charge in [-0.05, 0) is 48.5 Å². The molecule has 1 amide bonds. The summed E-state index contributed by atoms with van der Waals surface area (Å²) in [5.41, 5.74) is 8.97. The standard InChI is InChI=1S/C18H17BrN6O/c1-11(26)23-13-6-8-15(9-7-13)25-18-16(20)17(21-10-22-18)24-14-4-2-12(19)3-5-14/h2-10H,20H2,1H3,(H,23,26)(H2,21,22,24,25). The minimum absolute atomic E-state index is 0.116. The number of nitrogens with two attached hydrogens (primary N) is 1. The predicted molar refractivity (Wildman–Crippen MR) is 108 cm³/mol. The molecule has 0 spiro atoms. The number of benzene rings is 2. The van der Waals surface area contributed by atoms with Crippen molar-refractivity contribution >= 4 is 56.2 Å². The molecule has 1 heterocycles. The number of halogens is 1. The second-order valence-corrected chi connectivity index (χ2v) is 6.42. The third-order valence-electron chi connectivity index (χ3n) is 3.46. The minimum atomic E-state index is -0.116. The van der Waals surface area contributed by atoms with Crippen LogP contribution in [0.25, 0.3) is 0 Å². The Morgan fingerprint density at radius 2 is 1.35 bits per heavy atom. The molecule has 0 aliphatic carbocycles.